The molecule has 138 heavy (non-hydrogen) atoms. The van der Waals surface area contributed by atoms with Crippen molar-refractivity contribution in [3.8, 4) is 11.5 Å². The molecule has 2 N–H and O–H groups in total. The van der Waals surface area contributed by atoms with Crippen molar-refractivity contribution in [2.75, 3.05) is 0 Å². The molecule has 0 heterocycles. The van der Waals surface area contributed by atoms with Gasteiger partial charge >= 0.3 is 23.1 Å². The van der Waals surface area contributed by atoms with E-state index in [9.17, 15) is 62.6 Å². The molecule has 7 aromatic carbocycles. The zero-order valence-electron chi connectivity index (χ0n) is 83.0. The average Bonchev–Trinajstić information content (AvgIpc) is 0.831. The fourth-order valence-electron chi connectivity index (χ4n) is 25.6. The van der Waals surface area contributed by atoms with Crippen molar-refractivity contribution < 1.29 is 89.4 Å². The van der Waals surface area contributed by atoms with Crippen molar-refractivity contribution in [1.82, 2.24) is 0 Å². The Morgan fingerprint density at radius 1 is 0.319 bits per heavy atom. The summed E-state index contributed by atoms with van der Waals surface area (Å²) in [5.74, 6) is 6.91. The molecule has 0 amide bonds. The van der Waals surface area contributed by atoms with Gasteiger partial charge in [0.1, 0.15) is 47.3 Å². The topological polar surface area (TPSA) is 66.8 Å². The number of halogens is 13. The zero-order chi connectivity index (χ0) is 96.1. The number of phenols is 1. The Labute approximate surface area is 848 Å². The molecule has 0 radical (unpaired) electrons. The van der Waals surface area contributed by atoms with Gasteiger partial charge in [-0.05, 0) is 392 Å². The number of hydrogen-bond donors (Lipinski definition) is 2. The van der Waals surface area contributed by atoms with Crippen molar-refractivity contribution in [1.29, 1.82) is 0 Å². The first-order chi connectivity index (χ1) is 65.3. The van der Waals surface area contributed by atoms with E-state index in [0.29, 0.717) is 22.8 Å². The predicted molar refractivity (Wildman–Crippen MR) is 536 cm³/mol. The summed E-state index contributed by atoms with van der Waals surface area (Å²) >= 11 is 0. The van der Waals surface area contributed by atoms with Crippen molar-refractivity contribution in [3.05, 3.63) is 243 Å². The molecule has 760 valence electrons. The standard InChI is InChI=1S/C28H35F3O.C21H30F2O.C21H30F2.C21H28F2.C15H26O.C7H7FO.C6H3F2.CH4.BrH.Mg/c1-2-3-19-4-8-21(9-5-19)22-10-12-23(13-11-22)24-16-26(30)28(27(31)17-24)32-18-20-6-14-25(29)15-7-20;1-2-3-14-4-6-15(7-5-14)16-8-10-17(11-9-16)18-12-19(22)21(24)20(23)13-18;2*1-2-3-15-4-6-16(7-5-15)17-8-10-18(11-9-17)19-12-20(22)14-21(23)13-19;1-2-3-12-4-6-13(7-5-12)14-8-10-15(16)11-9-14;8-7-3-1-6(5-9)2-4-7;7-5-2-1-3-6(8)4-5;;;/h6-7,14-17,19,21-23H,2-5,8-13,18H2,1H3;12-17,24H,2-11H2,1H3;12-18H,2-11H2,1H3;10,12-17H,2-9,11H2,1H3;12-14H,2-11H2,1H3;1-4,9H,5H2;2-4H;1H4;1H;/q;;;;;;-1;;;+2/p-1. The fourth-order valence-corrected chi connectivity index (χ4v) is 25.6. The predicted octanol–water partition coefficient (Wildman–Crippen LogP) is 33.4. The summed E-state index contributed by atoms with van der Waals surface area (Å²) in [5.41, 5.74) is 5.58. The van der Waals surface area contributed by atoms with Gasteiger partial charge in [-0.3, -0.25) is 13.6 Å². The van der Waals surface area contributed by atoms with Crippen LogP contribution in [0.1, 0.15) is 408 Å². The van der Waals surface area contributed by atoms with Crippen LogP contribution in [0.25, 0.3) is 5.57 Å². The number of carbonyl (C=O) groups is 1. The quantitative estimate of drug-likeness (QED) is 0.0381. The molecule has 0 spiro atoms. The van der Waals surface area contributed by atoms with E-state index < -0.39 is 63.9 Å². The molecule has 7 aromatic rings. The van der Waals surface area contributed by atoms with Crippen LogP contribution in [0, 0.1) is 165 Å². The summed E-state index contributed by atoms with van der Waals surface area (Å²) in [6, 6.07) is 30.1. The van der Waals surface area contributed by atoms with Crippen LogP contribution < -0.4 is 21.7 Å². The van der Waals surface area contributed by atoms with Gasteiger partial charge < -0.3 is 31.9 Å². The van der Waals surface area contributed by atoms with Gasteiger partial charge in [-0.25, -0.2) is 43.9 Å². The Balaban J connectivity index is 0.000000204. The number of aliphatic hydroxyl groups excluding tert-OH is 1. The number of hydrogen-bond acceptors (Lipinski definition) is 4. The number of phenolic OH excluding ortho intramolecular Hbond substituents is 1. The minimum absolute atomic E-state index is 0. The number of aliphatic hydroxyl groups is 1. The summed E-state index contributed by atoms with van der Waals surface area (Å²) < 4.78 is 164. The second-order valence-corrected chi connectivity index (χ2v) is 42.4. The number of rotatable bonds is 23. The Morgan fingerprint density at radius 2 is 0.594 bits per heavy atom. The smallest absolute Gasteiger partial charge is 1.00 e. The van der Waals surface area contributed by atoms with Gasteiger partial charge in [0.15, 0.2) is 34.8 Å². The van der Waals surface area contributed by atoms with Crippen LogP contribution in [0.2, 0.25) is 0 Å². The van der Waals surface area contributed by atoms with E-state index in [4.69, 9.17) is 9.84 Å². The minimum Gasteiger partial charge on any atom is -1.00 e. The molecule has 0 aromatic heterocycles. The monoisotopic (exact) mass is 2000 g/mol. The molecule has 10 aliphatic rings. The second-order valence-electron chi connectivity index (χ2n) is 42.4. The molecule has 18 heteroatoms. The SMILES string of the molecule is C.CCCC1CCC(C2CC=C(c3cc(F)cc(F)c3)CC2)CC1.CCCC1CCC(C2CCC(=O)CC2)CC1.CCCC1CCC(C2CCC(c3cc(F)c(O)c(F)c3)CC2)CC1.CCCC1CCC(C2CCC(c3cc(F)c(OCc4ccc(F)cc4)c(F)c3)CC2)CC1.CCCC1CCC(C2CCC(c3cc(F)cc(F)c3)CC2)CC1.Fc1c[c-]cc(F)c1.OCc1ccc(F)cc1.[Br-].[Mg+2]. The molecule has 9 fully saturated rings. The summed E-state index contributed by atoms with van der Waals surface area (Å²) in [6.45, 7) is 11.4. The first-order valence-electron chi connectivity index (χ1n) is 53.2. The number of ketones is 1. The number of allylic oxidation sites excluding steroid dienone is 2. The molecular weight excluding hydrogens is 1840 g/mol. The minimum atomic E-state index is -0.851. The van der Waals surface area contributed by atoms with Gasteiger partial charge in [0, 0.05) is 36.6 Å². The van der Waals surface area contributed by atoms with E-state index >= 15 is 0 Å². The van der Waals surface area contributed by atoms with Crippen LogP contribution in [0.5, 0.6) is 11.5 Å². The average molecular weight is 2000 g/mol. The summed E-state index contributed by atoms with van der Waals surface area (Å²) in [7, 11) is 0. The van der Waals surface area contributed by atoms with Crippen LogP contribution in [0.3, 0.4) is 0 Å². The molecule has 9 saturated carbocycles. The third-order valence-corrected chi connectivity index (χ3v) is 33.3. The van der Waals surface area contributed by atoms with Gasteiger partial charge in [0.2, 0.25) is 0 Å². The third kappa shape index (κ3) is 38.1. The maximum atomic E-state index is 14.7. The van der Waals surface area contributed by atoms with Crippen molar-refractivity contribution in [2.45, 2.75) is 388 Å². The molecule has 1 atom stereocenters. The van der Waals surface area contributed by atoms with Gasteiger partial charge in [-0.15, -0.1) is 18.2 Å². The number of benzene rings is 7. The molecular formula is C120H163BrF12MgO4. The summed E-state index contributed by atoms with van der Waals surface area (Å²) in [4.78, 5) is 11.2. The zero-order valence-corrected chi connectivity index (χ0v) is 86.0. The van der Waals surface area contributed by atoms with Crippen LogP contribution in [-0.4, -0.2) is 39.0 Å². The van der Waals surface area contributed by atoms with Crippen LogP contribution in [0.4, 0.5) is 52.7 Å². The summed E-state index contributed by atoms with van der Waals surface area (Å²) in [6.07, 6.45) is 64.7. The first kappa shape index (κ1) is 117. The van der Waals surface area contributed by atoms with E-state index in [2.05, 4.69) is 46.8 Å². The van der Waals surface area contributed by atoms with Crippen molar-refractivity contribution in [3.63, 3.8) is 0 Å². The van der Waals surface area contributed by atoms with E-state index in [1.54, 1.807) is 24.3 Å². The number of aromatic hydroxyl groups is 1. The molecule has 0 bridgehead atoms. The Hall–Kier alpha value is -6.08. The molecule has 10 aliphatic carbocycles. The maximum absolute atomic E-state index is 14.7. The van der Waals surface area contributed by atoms with Crippen LogP contribution in [-0.2, 0) is 18.0 Å². The van der Waals surface area contributed by atoms with Gasteiger partial charge in [-0.2, -0.15) is 6.07 Å². The molecule has 17 rings (SSSR count). The van der Waals surface area contributed by atoms with E-state index in [-0.39, 0.29) is 89.9 Å². The number of ether oxygens (including phenoxy) is 1. The van der Waals surface area contributed by atoms with Crippen molar-refractivity contribution in [2.24, 2.45) is 88.8 Å². The molecule has 4 nitrogen and oxygen atoms in total. The first-order valence-corrected chi connectivity index (χ1v) is 53.2. The number of carbonyl (C=O) groups excluding carboxylic acids is 1. The molecule has 1 unspecified atom stereocenters. The van der Waals surface area contributed by atoms with Gasteiger partial charge in [-0.1, -0.05) is 201 Å². The Bertz CT molecular complexity index is 4500. The van der Waals surface area contributed by atoms with Crippen LogP contribution in [0.15, 0.2) is 133 Å². The normalized spacial score (nSPS) is 26.5. The molecule has 0 saturated heterocycles. The van der Waals surface area contributed by atoms with E-state index in [0.717, 1.165) is 211 Å². The van der Waals surface area contributed by atoms with Gasteiger partial charge in [0.05, 0.1) is 6.61 Å². The molecule has 0 aliphatic heterocycles. The Morgan fingerprint density at radius 3 is 0.891 bits per heavy atom. The van der Waals surface area contributed by atoms with Gasteiger partial charge in [0.25, 0.3) is 0 Å². The van der Waals surface area contributed by atoms with E-state index in [1.807, 2.05) is 0 Å². The fraction of sp³-hybridized carbons (Fsp3) is 0.625. The van der Waals surface area contributed by atoms with Crippen LogP contribution >= 0.6 is 0 Å². The second kappa shape index (κ2) is 61.9. The third-order valence-electron chi connectivity index (χ3n) is 33.3. The van der Waals surface area contributed by atoms with E-state index in [1.165, 1.54) is 323 Å². The van der Waals surface area contributed by atoms with Crippen molar-refractivity contribution >= 4 is 34.4 Å². The largest absolute Gasteiger partial charge is 2.00 e. The number of Topliss-reactive ketones (excluding diaryl/α,β-unsaturated/α-hetero) is 1. The maximum Gasteiger partial charge on any atom is 2.00 e. The summed E-state index contributed by atoms with van der Waals surface area (Å²) in [5, 5.41) is 17.8. The Kier molecular flexibility index (Phi) is 52.6.